The molecule has 4 fully saturated rings. The molecule has 3 aromatic carbocycles. The Kier molecular flexibility index (Phi) is 9.94. The predicted octanol–water partition coefficient (Wildman–Crippen LogP) is 10.4. The molecule has 0 aromatic heterocycles. The SMILES string of the molecule is C[C@H](CCC(=O)Oc1ccc(C(F)(F)F)cc1)[C@H]1CC[C@H]2[C@@H]3CC(Oc4ccc(N)cc4)C4CC(Oc5ccc(N)cc5)CC[C@]4(C)[C@H]3CC[C@]12C. The molecule has 10 atom stereocenters. The summed E-state index contributed by atoms with van der Waals surface area (Å²) in [6, 6.07) is 19.8. The number of carbonyl (C=O) groups is 1. The molecule has 0 radical (unpaired) electrons. The lowest BCUT2D eigenvalue weighted by molar-refractivity contribution is -0.164. The summed E-state index contributed by atoms with van der Waals surface area (Å²) in [5.41, 5.74) is 13.0. The maximum atomic E-state index is 13.0. The van der Waals surface area contributed by atoms with Crippen molar-refractivity contribution >= 4 is 17.3 Å². The topological polar surface area (TPSA) is 96.8 Å². The van der Waals surface area contributed by atoms with Gasteiger partial charge in [-0.1, -0.05) is 20.8 Å². The maximum absolute atomic E-state index is 13.0. The lowest BCUT2D eigenvalue weighted by atomic mass is 9.43. The fraction of sp³-hybridized carbons (Fsp3) is 0.558. The van der Waals surface area contributed by atoms with Gasteiger partial charge in [-0.05, 0) is 171 Å². The molecule has 4 saturated carbocycles. The van der Waals surface area contributed by atoms with Gasteiger partial charge in [0.05, 0.1) is 11.7 Å². The minimum absolute atomic E-state index is 0.0616. The summed E-state index contributed by atoms with van der Waals surface area (Å²) < 4.78 is 57.8. The van der Waals surface area contributed by atoms with Crippen LogP contribution in [0.15, 0.2) is 72.8 Å². The van der Waals surface area contributed by atoms with Gasteiger partial charge in [-0.25, -0.2) is 0 Å². The van der Waals surface area contributed by atoms with E-state index in [4.69, 9.17) is 25.7 Å². The summed E-state index contributed by atoms with van der Waals surface area (Å²) in [6.45, 7) is 7.31. The van der Waals surface area contributed by atoms with Gasteiger partial charge in [0.25, 0.3) is 0 Å². The first kappa shape index (κ1) is 36.5. The number of nitrogens with two attached hydrogens (primary N) is 2. The van der Waals surface area contributed by atoms with Crippen molar-refractivity contribution in [2.75, 3.05) is 11.5 Å². The van der Waals surface area contributed by atoms with Gasteiger partial charge >= 0.3 is 12.1 Å². The van der Waals surface area contributed by atoms with Crippen LogP contribution < -0.4 is 25.7 Å². The third-order valence-corrected chi connectivity index (χ3v) is 13.9. The van der Waals surface area contributed by atoms with Gasteiger partial charge in [-0.3, -0.25) is 4.79 Å². The largest absolute Gasteiger partial charge is 0.490 e. The number of hydrogen-bond donors (Lipinski definition) is 2. The Morgan fingerprint density at radius 2 is 1.33 bits per heavy atom. The van der Waals surface area contributed by atoms with Gasteiger partial charge in [-0.15, -0.1) is 0 Å². The van der Waals surface area contributed by atoms with E-state index in [1.807, 2.05) is 48.5 Å². The van der Waals surface area contributed by atoms with Gasteiger partial charge in [0.2, 0.25) is 0 Å². The lowest BCUT2D eigenvalue weighted by Crippen LogP contribution is -2.59. The Balaban J connectivity index is 1.04. The second kappa shape index (κ2) is 14.2. The molecule has 4 aliphatic rings. The van der Waals surface area contributed by atoms with Crippen LogP contribution in [0.1, 0.15) is 90.5 Å². The third kappa shape index (κ3) is 7.21. The van der Waals surface area contributed by atoms with Crippen molar-refractivity contribution in [2.24, 2.45) is 46.3 Å². The molecule has 4 N–H and O–H groups in total. The molecule has 0 amide bonds. The van der Waals surface area contributed by atoms with Crippen LogP contribution in [0.25, 0.3) is 0 Å². The molecule has 9 heteroatoms. The second-order valence-electron chi connectivity index (χ2n) is 16.8. The number of anilines is 2. The molecule has 4 aliphatic carbocycles. The van der Waals surface area contributed by atoms with Gasteiger partial charge in [0, 0.05) is 23.7 Å². The Hall–Kier alpha value is -3.88. The predicted molar refractivity (Wildman–Crippen MR) is 197 cm³/mol. The molecule has 6 nitrogen and oxygen atoms in total. The van der Waals surface area contributed by atoms with Crippen molar-refractivity contribution in [3.63, 3.8) is 0 Å². The number of benzene rings is 3. The normalized spacial score (nSPS) is 33.2. The zero-order valence-corrected chi connectivity index (χ0v) is 30.5. The fourth-order valence-corrected chi connectivity index (χ4v) is 11.3. The number of nitrogen functional groups attached to an aromatic ring is 2. The minimum Gasteiger partial charge on any atom is -0.490 e. The molecule has 0 spiro atoms. The van der Waals surface area contributed by atoms with Crippen molar-refractivity contribution in [1.29, 1.82) is 0 Å². The molecule has 0 aliphatic heterocycles. The summed E-state index contributed by atoms with van der Waals surface area (Å²) >= 11 is 0. The zero-order chi connectivity index (χ0) is 36.8. The first-order valence-electron chi connectivity index (χ1n) is 19.2. The van der Waals surface area contributed by atoms with E-state index in [2.05, 4.69) is 20.8 Å². The van der Waals surface area contributed by atoms with Crippen molar-refractivity contribution in [2.45, 2.75) is 103 Å². The summed E-state index contributed by atoms with van der Waals surface area (Å²) in [7, 11) is 0. The highest BCUT2D eigenvalue weighted by atomic mass is 19.4. The fourth-order valence-electron chi connectivity index (χ4n) is 11.3. The number of fused-ring (bicyclic) bond motifs is 5. The first-order valence-corrected chi connectivity index (χ1v) is 19.2. The number of carbonyl (C=O) groups excluding carboxylic acids is 1. The van der Waals surface area contributed by atoms with Gasteiger partial charge in [-0.2, -0.15) is 13.2 Å². The van der Waals surface area contributed by atoms with Crippen LogP contribution in [0, 0.1) is 46.3 Å². The minimum atomic E-state index is -4.43. The smallest absolute Gasteiger partial charge is 0.416 e. The molecule has 0 heterocycles. The van der Waals surface area contributed by atoms with E-state index >= 15 is 0 Å². The van der Waals surface area contributed by atoms with Crippen molar-refractivity contribution in [1.82, 2.24) is 0 Å². The highest BCUT2D eigenvalue weighted by Crippen LogP contribution is 2.68. The second-order valence-corrected chi connectivity index (χ2v) is 16.8. The van der Waals surface area contributed by atoms with Crippen LogP contribution >= 0.6 is 0 Å². The van der Waals surface area contributed by atoms with Gasteiger partial charge < -0.3 is 25.7 Å². The standard InChI is InChI=1S/C43H53F3N2O4/c1-26(4-19-40(49)52-32-11-5-27(6-12-32)43(44,45)46)35-17-18-36-34-25-39(51-31-15-9-29(48)10-16-31)38-24-33(50-30-13-7-28(47)8-14-30)20-22-42(38,3)37(34)21-23-41(35,36)2/h5-16,26,33-39H,4,17-25,47-48H2,1-3H3/t26-,33?,34+,35-,36+,37+,38?,39?,41-,42-/m1/s1. The number of hydrogen-bond acceptors (Lipinski definition) is 6. The number of alkyl halides is 3. The maximum Gasteiger partial charge on any atom is 0.416 e. The zero-order valence-electron chi connectivity index (χ0n) is 30.5. The monoisotopic (exact) mass is 718 g/mol. The molecular formula is C43H53F3N2O4. The number of esters is 1. The molecule has 0 saturated heterocycles. The van der Waals surface area contributed by atoms with E-state index in [0.29, 0.717) is 41.9 Å². The quantitative estimate of drug-likeness (QED) is 0.130. The average molecular weight is 719 g/mol. The highest BCUT2D eigenvalue weighted by Gasteiger charge is 2.63. The van der Waals surface area contributed by atoms with E-state index < -0.39 is 17.7 Å². The van der Waals surface area contributed by atoms with E-state index in [-0.39, 0.29) is 35.2 Å². The van der Waals surface area contributed by atoms with Crippen LogP contribution in [0.2, 0.25) is 0 Å². The molecule has 7 rings (SSSR count). The van der Waals surface area contributed by atoms with Crippen molar-refractivity contribution < 1.29 is 32.2 Å². The molecule has 52 heavy (non-hydrogen) atoms. The number of rotatable bonds is 9. The van der Waals surface area contributed by atoms with E-state index in [1.165, 1.54) is 31.4 Å². The van der Waals surface area contributed by atoms with Gasteiger partial charge in [0.1, 0.15) is 23.4 Å². The van der Waals surface area contributed by atoms with Crippen LogP contribution in [-0.2, 0) is 11.0 Å². The summed E-state index contributed by atoms with van der Waals surface area (Å²) in [5.74, 6) is 4.38. The Bertz CT molecular complexity index is 1700. The Morgan fingerprint density at radius 1 is 0.750 bits per heavy atom. The Morgan fingerprint density at radius 3 is 1.96 bits per heavy atom. The van der Waals surface area contributed by atoms with Crippen LogP contribution in [0.3, 0.4) is 0 Å². The van der Waals surface area contributed by atoms with Crippen LogP contribution in [0.4, 0.5) is 24.5 Å². The molecule has 3 unspecified atom stereocenters. The van der Waals surface area contributed by atoms with Crippen molar-refractivity contribution in [3.05, 3.63) is 78.4 Å². The lowest BCUT2D eigenvalue weighted by Gasteiger charge is -2.63. The third-order valence-electron chi connectivity index (χ3n) is 13.9. The average Bonchev–Trinajstić information content (AvgIpc) is 3.47. The summed E-state index contributed by atoms with van der Waals surface area (Å²) in [5, 5.41) is 0. The number of ether oxygens (including phenoxy) is 3. The first-order chi connectivity index (χ1) is 24.7. The van der Waals surface area contributed by atoms with Crippen LogP contribution in [0.5, 0.6) is 17.2 Å². The van der Waals surface area contributed by atoms with Gasteiger partial charge in [0.15, 0.2) is 0 Å². The molecule has 0 bridgehead atoms. The van der Waals surface area contributed by atoms with Crippen molar-refractivity contribution in [3.8, 4) is 17.2 Å². The molecular weight excluding hydrogens is 665 g/mol. The summed E-state index contributed by atoms with van der Waals surface area (Å²) in [4.78, 5) is 12.8. The molecule has 280 valence electrons. The van der Waals surface area contributed by atoms with E-state index in [1.54, 1.807) is 0 Å². The van der Waals surface area contributed by atoms with Crippen LogP contribution in [-0.4, -0.2) is 18.2 Å². The number of halogens is 3. The van der Waals surface area contributed by atoms with E-state index in [0.717, 1.165) is 67.1 Å². The highest BCUT2D eigenvalue weighted by molar-refractivity contribution is 5.72. The van der Waals surface area contributed by atoms with E-state index in [9.17, 15) is 18.0 Å². The Labute approximate surface area is 305 Å². The summed E-state index contributed by atoms with van der Waals surface area (Å²) in [6.07, 6.45) is 5.47. The molecule has 3 aromatic rings.